The van der Waals surface area contributed by atoms with Gasteiger partial charge in [0.15, 0.2) is 5.69 Å². The average molecular weight is 445 g/mol. The fraction of sp³-hybridized carbons (Fsp3) is 0.190. The molecular formula is C21H19BrNO3S+. The lowest BCUT2D eigenvalue weighted by Crippen LogP contribution is -2.38. The van der Waals surface area contributed by atoms with Gasteiger partial charge in [-0.1, -0.05) is 57.6 Å². The van der Waals surface area contributed by atoms with E-state index in [4.69, 9.17) is 4.74 Å². The number of rotatable bonds is 7. The van der Waals surface area contributed by atoms with Crippen molar-refractivity contribution in [1.29, 1.82) is 0 Å². The second-order valence-corrected chi connectivity index (χ2v) is 7.90. The van der Waals surface area contributed by atoms with E-state index in [1.807, 2.05) is 59.5 Å². The number of benzene rings is 2. The number of hydrogen-bond donors (Lipinski definition) is 0. The van der Waals surface area contributed by atoms with Crippen molar-refractivity contribution in [3.8, 4) is 0 Å². The van der Waals surface area contributed by atoms with Crippen LogP contribution in [0.4, 0.5) is 0 Å². The second-order valence-electron chi connectivity index (χ2n) is 6.04. The molecule has 0 amide bonds. The summed E-state index contributed by atoms with van der Waals surface area (Å²) in [4.78, 5) is 25.5. The fourth-order valence-electron chi connectivity index (χ4n) is 2.62. The number of hydrogen-bond acceptors (Lipinski definition) is 4. The third-order valence-electron chi connectivity index (χ3n) is 4.21. The molecule has 0 aliphatic rings. The Hall–Kier alpha value is -2.31. The maximum Gasteiger partial charge on any atom is 0.338 e. The molecule has 0 fully saturated rings. The quantitative estimate of drug-likeness (QED) is 0.308. The summed E-state index contributed by atoms with van der Waals surface area (Å²) in [7, 11) is 0. The molecule has 0 N–H and O–H groups in total. The van der Waals surface area contributed by atoms with E-state index in [1.165, 1.54) is 0 Å². The molecule has 3 rings (SSSR count). The Morgan fingerprint density at radius 2 is 1.74 bits per heavy atom. The summed E-state index contributed by atoms with van der Waals surface area (Å²) in [6, 6.07) is 16.3. The lowest BCUT2D eigenvalue weighted by molar-refractivity contribution is -0.684. The number of Topliss-reactive ketones (excluding diaryl/α,β-unsaturated/α-hetero) is 1. The minimum Gasteiger partial charge on any atom is -0.462 e. The van der Waals surface area contributed by atoms with E-state index < -0.39 is 0 Å². The van der Waals surface area contributed by atoms with Crippen LogP contribution in [0.1, 0.15) is 31.3 Å². The van der Waals surface area contributed by atoms with E-state index in [2.05, 4.69) is 15.9 Å². The smallest absolute Gasteiger partial charge is 0.338 e. The topological polar surface area (TPSA) is 47.2 Å². The first-order valence-electron chi connectivity index (χ1n) is 8.52. The number of carbonyl (C=O) groups excluding carboxylic acids is 2. The van der Waals surface area contributed by atoms with Crippen LogP contribution in [0.15, 0.2) is 64.6 Å². The Bertz CT molecular complexity index is 936. The molecule has 1 aromatic heterocycles. The standard InChI is InChI=1S/C21H19BrNO3S/c1-15-20(11-12-26-21(25)17-5-3-2-4-6-17)27-14-23(15)13-19(24)16-7-9-18(22)10-8-16/h2-10,14H,11-13H2,1H3/q+1. The lowest BCUT2D eigenvalue weighted by Gasteiger charge is -2.03. The van der Waals surface area contributed by atoms with Gasteiger partial charge >= 0.3 is 5.97 Å². The fourth-order valence-corrected chi connectivity index (χ4v) is 3.86. The van der Waals surface area contributed by atoms with Crippen LogP contribution in [0.3, 0.4) is 0 Å². The number of ketones is 1. The van der Waals surface area contributed by atoms with Gasteiger partial charge in [0, 0.05) is 23.4 Å². The van der Waals surface area contributed by atoms with E-state index >= 15 is 0 Å². The van der Waals surface area contributed by atoms with Crippen molar-refractivity contribution in [1.82, 2.24) is 0 Å². The second kappa shape index (κ2) is 9.06. The van der Waals surface area contributed by atoms with Crippen LogP contribution in [0.2, 0.25) is 0 Å². The van der Waals surface area contributed by atoms with E-state index in [0.717, 1.165) is 15.0 Å². The predicted molar refractivity (Wildman–Crippen MR) is 108 cm³/mol. The van der Waals surface area contributed by atoms with Gasteiger partial charge in [0.25, 0.3) is 0 Å². The van der Waals surface area contributed by atoms with E-state index in [1.54, 1.807) is 23.5 Å². The van der Waals surface area contributed by atoms with Crippen molar-refractivity contribution in [2.24, 2.45) is 0 Å². The van der Waals surface area contributed by atoms with E-state index in [-0.39, 0.29) is 11.8 Å². The van der Waals surface area contributed by atoms with Crippen LogP contribution in [-0.2, 0) is 17.7 Å². The number of nitrogens with zero attached hydrogens (tertiary/aromatic N) is 1. The molecule has 1 heterocycles. The highest BCUT2D eigenvalue weighted by Crippen LogP contribution is 2.14. The molecule has 138 valence electrons. The summed E-state index contributed by atoms with van der Waals surface area (Å²) < 4.78 is 8.24. The molecule has 0 aliphatic heterocycles. The van der Waals surface area contributed by atoms with Gasteiger partial charge in [0.05, 0.1) is 17.0 Å². The van der Waals surface area contributed by atoms with Gasteiger partial charge in [-0.15, -0.1) is 0 Å². The first-order valence-corrected chi connectivity index (χ1v) is 10.2. The summed E-state index contributed by atoms with van der Waals surface area (Å²) in [5, 5.41) is 0. The number of aromatic nitrogens is 1. The van der Waals surface area contributed by atoms with Crippen LogP contribution < -0.4 is 4.57 Å². The van der Waals surface area contributed by atoms with Gasteiger partial charge in [-0.3, -0.25) is 4.79 Å². The van der Waals surface area contributed by atoms with Gasteiger partial charge in [-0.2, -0.15) is 4.57 Å². The zero-order chi connectivity index (χ0) is 19.2. The number of esters is 1. The lowest BCUT2D eigenvalue weighted by atomic mass is 10.1. The molecule has 27 heavy (non-hydrogen) atoms. The molecule has 4 nitrogen and oxygen atoms in total. The van der Waals surface area contributed by atoms with Gasteiger partial charge in [0.1, 0.15) is 0 Å². The van der Waals surface area contributed by atoms with Crippen molar-refractivity contribution < 1.29 is 18.9 Å². The largest absolute Gasteiger partial charge is 0.462 e. The molecule has 0 bridgehead atoms. The highest BCUT2D eigenvalue weighted by molar-refractivity contribution is 9.10. The van der Waals surface area contributed by atoms with Crippen molar-refractivity contribution in [3.63, 3.8) is 0 Å². The van der Waals surface area contributed by atoms with Gasteiger partial charge in [-0.05, 0) is 24.3 Å². The number of halogens is 1. The van der Waals surface area contributed by atoms with E-state index in [9.17, 15) is 9.59 Å². The van der Waals surface area contributed by atoms with Crippen LogP contribution in [-0.4, -0.2) is 18.4 Å². The Balaban J connectivity index is 1.56. The number of thiazole rings is 1. The Labute approximate surface area is 170 Å². The number of ether oxygens (including phenoxy) is 1. The molecule has 2 aromatic carbocycles. The highest BCUT2D eigenvalue weighted by atomic mass is 79.9. The van der Waals surface area contributed by atoms with Crippen LogP contribution in [0.5, 0.6) is 0 Å². The normalized spacial score (nSPS) is 10.6. The van der Waals surface area contributed by atoms with Gasteiger partial charge in [-0.25, -0.2) is 4.79 Å². The van der Waals surface area contributed by atoms with Crippen LogP contribution >= 0.6 is 27.3 Å². The summed E-state index contributed by atoms with van der Waals surface area (Å²) in [5.74, 6) is -0.251. The molecule has 3 aromatic rings. The average Bonchev–Trinajstić information content (AvgIpc) is 3.02. The zero-order valence-corrected chi connectivity index (χ0v) is 17.3. The third kappa shape index (κ3) is 5.11. The van der Waals surface area contributed by atoms with Gasteiger partial charge < -0.3 is 4.74 Å². The van der Waals surface area contributed by atoms with Gasteiger partial charge in [0.2, 0.25) is 17.8 Å². The molecule has 0 saturated heterocycles. The third-order valence-corrected chi connectivity index (χ3v) is 5.88. The van der Waals surface area contributed by atoms with Crippen LogP contribution in [0.25, 0.3) is 0 Å². The summed E-state index contributed by atoms with van der Waals surface area (Å²) in [6.07, 6.45) is 0.633. The van der Waals surface area contributed by atoms with Crippen molar-refractivity contribution in [3.05, 3.63) is 86.3 Å². The minimum atomic E-state index is -0.317. The summed E-state index contributed by atoms with van der Waals surface area (Å²) >= 11 is 4.95. The SMILES string of the molecule is Cc1c(CCOC(=O)c2ccccc2)sc[n+]1CC(=O)c1ccc(Br)cc1. The predicted octanol–water partition coefficient (Wildman–Crippen LogP) is 4.39. The molecule has 0 atom stereocenters. The summed E-state index contributed by atoms with van der Waals surface area (Å²) in [5.41, 5.74) is 4.21. The number of carbonyl (C=O) groups is 2. The molecule has 0 spiro atoms. The molecule has 0 saturated carbocycles. The Kier molecular flexibility index (Phi) is 6.53. The molecule has 0 unspecified atom stereocenters. The minimum absolute atomic E-state index is 0.0652. The first kappa shape index (κ1) is 19.5. The zero-order valence-electron chi connectivity index (χ0n) is 14.9. The first-order chi connectivity index (χ1) is 13.0. The highest BCUT2D eigenvalue weighted by Gasteiger charge is 2.19. The van der Waals surface area contributed by atoms with Crippen molar-refractivity contribution in [2.75, 3.05) is 6.61 Å². The Morgan fingerprint density at radius 3 is 2.44 bits per heavy atom. The summed E-state index contributed by atoms with van der Waals surface area (Å²) in [6.45, 7) is 2.60. The molecule has 0 aliphatic carbocycles. The van der Waals surface area contributed by atoms with Crippen molar-refractivity contribution >= 4 is 39.0 Å². The monoisotopic (exact) mass is 444 g/mol. The Morgan fingerprint density at radius 1 is 1.04 bits per heavy atom. The maximum atomic E-state index is 12.4. The molecule has 0 radical (unpaired) electrons. The van der Waals surface area contributed by atoms with E-state index in [0.29, 0.717) is 30.7 Å². The van der Waals surface area contributed by atoms with Crippen LogP contribution in [0, 0.1) is 6.92 Å². The maximum absolute atomic E-state index is 12.4. The molecular weight excluding hydrogens is 426 g/mol. The van der Waals surface area contributed by atoms with Crippen molar-refractivity contribution in [2.45, 2.75) is 19.9 Å². The molecule has 6 heteroatoms.